The van der Waals surface area contributed by atoms with Crippen LogP contribution in [0.25, 0.3) is 0 Å². The molecule has 20 heavy (non-hydrogen) atoms. The SMILES string of the molecule is CCCCCCCCCCOc1ccc(Br)c(CCl)c1. The van der Waals surface area contributed by atoms with Gasteiger partial charge in [0.05, 0.1) is 6.61 Å². The zero-order valence-electron chi connectivity index (χ0n) is 12.5. The van der Waals surface area contributed by atoms with Gasteiger partial charge in [-0.15, -0.1) is 11.6 Å². The fourth-order valence-electron chi connectivity index (χ4n) is 2.17. The Labute approximate surface area is 137 Å². The third-order valence-electron chi connectivity index (χ3n) is 3.43. The molecule has 0 bridgehead atoms. The summed E-state index contributed by atoms with van der Waals surface area (Å²) in [5.74, 6) is 1.43. The Bertz CT molecular complexity index is 368. The van der Waals surface area contributed by atoms with Crippen molar-refractivity contribution < 1.29 is 4.74 Å². The van der Waals surface area contributed by atoms with E-state index in [9.17, 15) is 0 Å². The van der Waals surface area contributed by atoms with Gasteiger partial charge in [-0.1, -0.05) is 67.8 Å². The van der Waals surface area contributed by atoms with Crippen LogP contribution in [-0.4, -0.2) is 6.61 Å². The maximum Gasteiger partial charge on any atom is 0.119 e. The van der Waals surface area contributed by atoms with E-state index < -0.39 is 0 Å². The van der Waals surface area contributed by atoms with Crippen molar-refractivity contribution in [3.8, 4) is 5.75 Å². The van der Waals surface area contributed by atoms with E-state index in [0.29, 0.717) is 5.88 Å². The van der Waals surface area contributed by atoms with E-state index >= 15 is 0 Å². The molecule has 3 heteroatoms. The summed E-state index contributed by atoms with van der Waals surface area (Å²) in [6.07, 6.45) is 10.6. The van der Waals surface area contributed by atoms with Gasteiger partial charge in [-0.3, -0.25) is 0 Å². The Morgan fingerprint density at radius 1 is 1.00 bits per heavy atom. The van der Waals surface area contributed by atoms with Gasteiger partial charge in [-0.05, 0) is 30.2 Å². The fourth-order valence-corrected chi connectivity index (χ4v) is 2.94. The van der Waals surface area contributed by atoms with Gasteiger partial charge in [0.15, 0.2) is 0 Å². The van der Waals surface area contributed by atoms with E-state index in [1.807, 2.05) is 18.2 Å². The first-order valence-corrected chi connectivity index (χ1v) is 9.08. The molecule has 1 nitrogen and oxygen atoms in total. The normalized spacial score (nSPS) is 10.8. The van der Waals surface area contributed by atoms with Crippen LogP contribution in [0.2, 0.25) is 0 Å². The minimum Gasteiger partial charge on any atom is -0.494 e. The van der Waals surface area contributed by atoms with Crippen molar-refractivity contribution >= 4 is 27.5 Å². The van der Waals surface area contributed by atoms with E-state index in [0.717, 1.165) is 28.8 Å². The summed E-state index contributed by atoms with van der Waals surface area (Å²) in [5.41, 5.74) is 1.08. The van der Waals surface area contributed by atoms with Crippen LogP contribution >= 0.6 is 27.5 Å². The van der Waals surface area contributed by atoms with Crippen LogP contribution in [-0.2, 0) is 5.88 Å². The largest absolute Gasteiger partial charge is 0.494 e. The quantitative estimate of drug-likeness (QED) is 0.314. The molecule has 0 radical (unpaired) electrons. The first kappa shape index (κ1) is 17.8. The molecule has 0 fully saturated rings. The molecule has 1 rings (SSSR count). The van der Waals surface area contributed by atoms with Gasteiger partial charge in [-0.25, -0.2) is 0 Å². The van der Waals surface area contributed by atoms with Gasteiger partial charge in [-0.2, -0.15) is 0 Å². The highest BCUT2D eigenvalue weighted by atomic mass is 79.9. The van der Waals surface area contributed by atoms with Crippen LogP contribution in [0.5, 0.6) is 5.75 Å². The third kappa shape index (κ3) is 7.54. The van der Waals surface area contributed by atoms with Crippen LogP contribution in [0.15, 0.2) is 22.7 Å². The van der Waals surface area contributed by atoms with Crippen molar-refractivity contribution in [2.75, 3.05) is 6.61 Å². The van der Waals surface area contributed by atoms with Crippen LogP contribution in [0.1, 0.15) is 63.9 Å². The number of ether oxygens (including phenoxy) is 1. The summed E-state index contributed by atoms with van der Waals surface area (Å²) in [5, 5.41) is 0. The van der Waals surface area contributed by atoms with E-state index in [-0.39, 0.29) is 0 Å². The summed E-state index contributed by atoms with van der Waals surface area (Å²) < 4.78 is 6.82. The average molecular weight is 362 g/mol. The Kier molecular flexibility index (Phi) is 10.2. The summed E-state index contributed by atoms with van der Waals surface area (Å²) >= 11 is 9.35. The molecule has 1 aromatic rings. The number of rotatable bonds is 11. The zero-order chi connectivity index (χ0) is 14.6. The standard InChI is InChI=1S/C17H26BrClO/c1-2-3-4-5-6-7-8-9-12-20-16-10-11-17(18)15(13-16)14-19/h10-11,13H,2-9,12,14H2,1H3. The molecule has 0 N–H and O–H groups in total. The molecule has 0 aromatic heterocycles. The Morgan fingerprint density at radius 2 is 1.65 bits per heavy atom. The molecular formula is C17H26BrClO. The lowest BCUT2D eigenvalue weighted by Gasteiger charge is -2.08. The lowest BCUT2D eigenvalue weighted by atomic mass is 10.1. The predicted octanol–water partition coefficient (Wildman–Crippen LogP) is 6.71. The van der Waals surface area contributed by atoms with Crippen LogP contribution in [0, 0.1) is 0 Å². The molecule has 0 aliphatic heterocycles. The maximum absolute atomic E-state index is 5.87. The monoisotopic (exact) mass is 360 g/mol. The molecule has 0 aliphatic carbocycles. The van der Waals surface area contributed by atoms with Crippen molar-refractivity contribution in [3.63, 3.8) is 0 Å². The van der Waals surface area contributed by atoms with Crippen LogP contribution in [0.3, 0.4) is 0 Å². The number of alkyl halides is 1. The highest BCUT2D eigenvalue weighted by Crippen LogP contribution is 2.24. The smallest absolute Gasteiger partial charge is 0.119 e. The highest BCUT2D eigenvalue weighted by Gasteiger charge is 2.01. The second-order valence-electron chi connectivity index (χ2n) is 5.21. The highest BCUT2D eigenvalue weighted by molar-refractivity contribution is 9.10. The number of unbranched alkanes of at least 4 members (excludes halogenated alkanes) is 7. The molecule has 0 aliphatic rings. The molecule has 0 saturated heterocycles. The van der Waals surface area contributed by atoms with Crippen molar-refractivity contribution in [2.24, 2.45) is 0 Å². The van der Waals surface area contributed by atoms with Gasteiger partial charge in [0, 0.05) is 10.4 Å². The minimum absolute atomic E-state index is 0.509. The second kappa shape index (κ2) is 11.4. The van der Waals surface area contributed by atoms with Crippen molar-refractivity contribution in [1.82, 2.24) is 0 Å². The van der Waals surface area contributed by atoms with E-state index in [2.05, 4.69) is 22.9 Å². The fraction of sp³-hybridized carbons (Fsp3) is 0.647. The van der Waals surface area contributed by atoms with Gasteiger partial charge in [0.2, 0.25) is 0 Å². The minimum atomic E-state index is 0.509. The van der Waals surface area contributed by atoms with E-state index in [1.165, 1.54) is 44.9 Å². The molecule has 1 aromatic carbocycles. The Balaban J connectivity index is 2.06. The second-order valence-corrected chi connectivity index (χ2v) is 6.33. The zero-order valence-corrected chi connectivity index (χ0v) is 14.8. The number of hydrogen-bond donors (Lipinski definition) is 0. The number of benzene rings is 1. The van der Waals surface area contributed by atoms with Gasteiger partial charge in [0.1, 0.15) is 5.75 Å². The van der Waals surface area contributed by atoms with Crippen molar-refractivity contribution in [2.45, 2.75) is 64.2 Å². The molecule has 0 amide bonds. The molecule has 0 saturated carbocycles. The molecule has 0 unspecified atom stereocenters. The van der Waals surface area contributed by atoms with Gasteiger partial charge >= 0.3 is 0 Å². The number of hydrogen-bond acceptors (Lipinski definition) is 1. The molecule has 114 valence electrons. The van der Waals surface area contributed by atoms with Crippen LogP contribution < -0.4 is 4.74 Å². The summed E-state index contributed by atoms with van der Waals surface area (Å²) in [6, 6.07) is 6.01. The summed E-state index contributed by atoms with van der Waals surface area (Å²) in [6.45, 7) is 3.06. The van der Waals surface area contributed by atoms with Gasteiger partial charge in [0.25, 0.3) is 0 Å². The third-order valence-corrected chi connectivity index (χ3v) is 4.49. The Hall–Kier alpha value is -0.210. The van der Waals surface area contributed by atoms with E-state index in [1.54, 1.807) is 0 Å². The lowest BCUT2D eigenvalue weighted by Crippen LogP contribution is -1.98. The summed E-state index contributed by atoms with van der Waals surface area (Å²) in [4.78, 5) is 0. The predicted molar refractivity (Wildman–Crippen MR) is 91.8 cm³/mol. The van der Waals surface area contributed by atoms with Gasteiger partial charge < -0.3 is 4.74 Å². The molecular weight excluding hydrogens is 336 g/mol. The maximum atomic E-state index is 5.87. The number of halogens is 2. The molecule has 0 heterocycles. The topological polar surface area (TPSA) is 9.23 Å². The van der Waals surface area contributed by atoms with Crippen LogP contribution in [0.4, 0.5) is 0 Å². The van der Waals surface area contributed by atoms with Crippen molar-refractivity contribution in [3.05, 3.63) is 28.2 Å². The summed E-state index contributed by atoms with van der Waals surface area (Å²) in [7, 11) is 0. The lowest BCUT2D eigenvalue weighted by molar-refractivity contribution is 0.304. The first-order valence-electron chi connectivity index (χ1n) is 7.75. The van der Waals surface area contributed by atoms with Crippen molar-refractivity contribution in [1.29, 1.82) is 0 Å². The van der Waals surface area contributed by atoms with E-state index in [4.69, 9.17) is 16.3 Å². The molecule has 0 spiro atoms. The average Bonchev–Trinajstić information content (AvgIpc) is 2.47. The first-order chi connectivity index (χ1) is 9.77. The molecule has 0 atom stereocenters. The Morgan fingerprint density at radius 3 is 2.30 bits per heavy atom.